The maximum absolute atomic E-state index is 5.75. The Morgan fingerprint density at radius 2 is 2.22 bits per heavy atom. The van der Waals surface area contributed by atoms with Crippen LogP contribution in [0.1, 0.15) is 46.5 Å². The molecule has 1 fully saturated rings. The number of piperidine rings is 1. The van der Waals surface area contributed by atoms with Crippen molar-refractivity contribution in [3.8, 4) is 0 Å². The van der Waals surface area contributed by atoms with Gasteiger partial charge in [-0.2, -0.15) is 0 Å². The lowest BCUT2D eigenvalue weighted by atomic mass is 9.87. The van der Waals surface area contributed by atoms with E-state index in [0.717, 1.165) is 32.5 Å². The molecule has 106 valence electrons. The number of ether oxygens (including phenoxy) is 1. The Balaban J connectivity index is 2.25. The zero-order valence-electron chi connectivity index (χ0n) is 12.1. The van der Waals surface area contributed by atoms with Crippen LogP contribution in [-0.4, -0.2) is 42.2 Å². The lowest BCUT2D eigenvalue weighted by Gasteiger charge is -2.33. The second-order valence-corrected chi connectivity index (χ2v) is 6.31. The van der Waals surface area contributed by atoms with Crippen LogP contribution in [0.4, 0.5) is 0 Å². The molecule has 1 rings (SSSR count). The van der Waals surface area contributed by atoms with E-state index in [9.17, 15) is 0 Å². The lowest BCUT2D eigenvalue weighted by molar-refractivity contribution is 0.00527. The first-order chi connectivity index (χ1) is 8.45. The van der Waals surface area contributed by atoms with E-state index in [-0.39, 0.29) is 5.41 Å². The molecule has 1 aliphatic heterocycles. The molecule has 0 saturated carbocycles. The van der Waals surface area contributed by atoms with E-state index in [1.54, 1.807) is 0 Å². The zero-order chi connectivity index (χ0) is 13.6. The number of hydrogen-bond acceptors (Lipinski definition) is 3. The smallest absolute Gasteiger partial charge is 0.0784 e. The summed E-state index contributed by atoms with van der Waals surface area (Å²) >= 11 is 5.10. The van der Waals surface area contributed by atoms with Crippen molar-refractivity contribution >= 4 is 17.2 Å². The molecular weight excluding hydrogens is 244 g/mol. The third kappa shape index (κ3) is 5.21. The molecule has 0 spiro atoms. The first-order valence-electron chi connectivity index (χ1n) is 7.09. The van der Waals surface area contributed by atoms with Gasteiger partial charge in [-0.1, -0.05) is 26.1 Å². The van der Waals surface area contributed by atoms with Gasteiger partial charge >= 0.3 is 0 Å². The average Bonchev–Trinajstić information content (AvgIpc) is 2.29. The summed E-state index contributed by atoms with van der Waals surface area (Å²) < 4.78 is 5.72. The van der Waals surface area contributed by atoms with Crippen LogP contribution in [0.15, 0.2) is 0 Å². The summed E-state index contributed by atoms with van der Waals surface area (Å²) in [6.45, 7) is 10.6. The van der Waals surface area contributed by atoms with Crippen LogP contribution in [0.25, 0.3) is 0 Å². The van der Waals surface area contributed by atoms with Gasteiger partial charge in [-0.15, -0.1) is 0 Å². The quantitative estimate of drug-likeness (QED) is 0.723. The third-order valence-corrected chi connectivity index (χ3v) is 4.36. The molecule has 18 heavy (non-hydrogen) atoms. The van der Waals surface area contributed by atoms with E-state index in [2.05, 4.69) is 25.7 Å². The van der Waals surface area contributed by atoms with E-state index >= 15 is 0 Å². The van der Waals surface area contributed by atoms with Crippen LogP contribution in [0.2, 0.25) is 0 Å². The minimum Gasteiger partial charge on any atom is -0.393 e. The number of thiocarbonyl (C=S) groups is 1. The maximum atomic E-state index is 5.75. The summed E-state index contributed by atoms with van der Waals surface area (Å²) in [6, 6.07) is 0. The molecule has 0 amide bonds. The molecule has 0 radical (unpaired) electrons. The van der Waals surface area contributed by atoms with Crippen molar-refractivity contribution in [2.45, 2.75) is 52.6 Å². The standard InChI is InChI=1S/C14H28N2OS/c1-4-17-12-7-5-9-16(11-12)10-6-8-14(2,3)13(15)18/h12H,4-11H2,1-3H3,(H2,15,18). The van der Waals surface area contributed by atoms with E-state index < -0.39 is 0 Å². The Kier molecular flexibility index (Phi) is 6.53. The van der Waals surface area contributed by atoms with Crippen LogP contribution in [0.5, 0.6) is 0 Å². The van der Waals surface area contributed by atoms with Crippen molar-refractivity contribution in [2.75, 3.05) is 26.2 Å². The molecule has 1 unspecified atom stereocenters. The van der Waals surface area contributed by atoms with Crippen LogP contribution in [0.3, 0.4) is 0 Å². The number of nitrogens with zero attached hydrogens (tertiary/aromatic N) is 1. The molecule has 0 aromatic carbocycles. The third-order valence-electron chi connectivity index (χ3n) is 3.81. The fourth-order valence-electron chi connectivity index (χ4n) is 2.46. The number of nitrogens with two attached hydrogens (primary N) is 1. The van der Waals surface area contributed by atoms with E-state index in [0.29, 0.717) is 11.1 Å². The van der Waals surface area contributed by atoms with Gasteiger partial charge in [0, 0.05) is 18.6 Å². The van der Waals surface area contributed by atoms with Crippen molar-refractivity contribution < 1.29 is 4.74 Å². The first kappa shape index (κ1) is 15.9. The summed E-state index contributed by atoms with van der Waals surface area (Å²) in [5.74, 6) is 0. The minimum absolute atomic E-state index is 0.00948. The Hall–Kier alpha value is -0.190. The molecule has 0 aromatic rings. The summed E-state index contributed by atoms with van der Waals surface area (Å²) in [4.78, 5) is 3.15. The predicted molar refractivity (Wildman–Crippen MR) is 80.9 cm³/mol. The first-order valence-corrected chi connectivity index (χ1v) is 7.50. The molecule has 1 heterocycles. The zero-order valence-corrected chi connectivity index (χ0v) is 12.9. The average molecular weight is 272 g/mol. The topological polar surface area (TPSA) is 38.5 Å². The highest BCUT2D eigenvalue weighted by Crippen LogP contribution is 2.23. The van der Waals surface area contributed by atoms with Gasteiger partial charge in [0.05, 0.1) is 11.1 Å². The molecule has 1 atom stereocenters. The van der Waals surface area contributed by atoms with Crippen LogP contribution in [0, 0.1) is 5.41 Å². The molecule has 0 aromatic heterocycles. The largest absolute Gasteiger partial charge is 0.393 e. The number of rotatable bonds is 7. The van der Waals surface area contributed by atoms with Gasteiger partial charge in [0.25, 0.3) is 0 Å². The van der Waals surface area contributed by atoms with Crippen LogP contribution in [-0.2, 0) is 4.74 Å². The highest BCUT2D eigenvalue weighted by atomic mass is 32.1. The predicted octanol–water partition coefficient (Wildman–Crippen LogP) is 2.58. The van der Waals surface area contributed by atoms with Crippen molar-refractivity contribution in [3.05, 3.63) is 0 Å². The van der Waals surface area contributed by atoms with Gasteiger partial charge < -0.3 is 15.4 Å². The molecule has 1 aliphatic rings. The Labute approximate surface area is 117 Å². The van der Waals surface area contributed by atoms with Crippen molar-refractivity contribution in [1.82, 2.24) is 4.90 Å². The minimum atomic E-state index is -0.00948. The molecule has 3 nitrogen and oxygen atoms in total. The molecule has 4 heteroatoms. The Bertz CT molecular complexity index is 267. The summed E-state index contributed by atoms with van der Waals surface area (Å²) in [5.41, 5.74) is 5.74. The highest BCUT2D eigenvalue weighted by molar-refractivity contribution is 7.80. The molecule has 0 aliphatic carbocycles. The number of hydrogen-bond donors (Lipinski definition) is 1. The maximum Gasteiger partial charge on any atom is 0.0784 e. The lowest BCUT2D eigenvalue weighted by Crippen LogP contribution is -2.40. The van der Waals surface area contributed by atoms with Crippen LogP contribution >= 0.6 is 12.2 Å². The van der Waals surface area contributed by atoms with Gasteiger partial charge in [0.1, 0.15) is 0 Å². The van der Waals surface area contributed by atoms with E-state index in [1.165, 1.54) is 19.4 Å². The number of likely N-dealkylation sites (tertiary alicyclic amines) is 1. The Morgan fingerprint density at radius 3 is 2.83 bits per heavy atom. The highest BCUT2D eigenvalue weighted by Gasteiger charge is 2.23. The fourth-order valence-corrected chi connectivity index (χ4v) is 2.56. The molecule has 1 saturated heterocycles. The van der Waals surface area contributed by atoms with Crippen LogP contribution < -0.4 is 5.73 Å². The molecular formula is C14H28N2OS. The second kappa shape index (κ2) is 7.41. The summed E-state index contributed by atoms with van der Waals surface area (Å²) in [7, 11) is 0. The Morgan fingerprint density at radius 1 is 1.50 bits per heavy atom. The van der Waals surface area contributed by atoms with E-state index in [1.807, 2.05) is 0 Å². The van der Waals surface area contributed by atoms with Crippen molar-refractivity contribution in [3.63, 3.8) is 0 Å². The normalized spacial score (nSPS) is 22.1. The van der Waals surface area contributed by atoms with Gasteiger partial charge in [-0.25, -0.2) is 0 Å². The summed E-state index contributed by atoms with van der Waals surface area (Å²) in [6.07, 6.45) is 5.13. The van der Waals surface area contributed by atoms with Gasteiger partial charge in [0.15, 0.2) is 0 Å². The van der Waals surface area contributed by atoms with Crippen molar-refractivity contribution in [1.29, 1.82) is 0 Å². The van der Waals surface area contributed by atoms with E-state index in [4.69, 9.17) is 22.7 Å². The van der Waals surface area contributed by atoms with Crippen molar-refractivity contribution in [2.24, 2.45) is 11.1 Å². The van der Waals surface area contributed by atoms with Gasteiger partial charge in [0.2, 0.25) is 0 Å². The monoisotopic (exact) mass is 272 g/mol. The fraction of sp³-hybridized carbons (Fsp3) is 0.929. The summed E-state index contributed by atoms with van der Waals surface area (Å²) in [5, 5.41) is 0. The SMILES string of the molecule is CCOC1CCCN(CCCC(C)(C)C(N)=S)C1. The van der Waals surface area contributed by atoms with Gasteiger partial charge in [-0.05, 0) is 45.7 Å². The second-order valence-electron chi connectivity index (χ2n) is 5.87. The van der Waals surface area contributed by atoms with Gasteiger partial charge in [-0.3, -0.25) is 0 Å². The molecule has 2 N–H and O–H groups in total. The molecule has 0 bridgehead atoms.